The van der Waals surface area contributed by atoms with E-state index >= 15 is 0 Å². The van der Waals surface area contributed by atoms with Gasteiger partial charge in [-0.2, -0.15) is 0 Å². The average Bonchev–Trinajstić information content (AvgIpc) is 1.91. The van der Waals surface area contributed by atoms with Crippen molar-refractivity contribution < 1.29 is 0 Å². The van der Waals surface area contributed by atoms with Crippen molar-refractivity contribution in [1.82, 2.24) is 0 Å². The van der Waals surface area contributed by atoms with Gasteiger partial charge in [0.05, 0.1) is 0 Å². The molecule has 0 aromatic carbocycles. The first kappa shape index (κ1) is 10.6. The van der Waals surface area contributed by atoms with E-state index in [0.717, 1.165) is 22.1 Å². The number of thiol groups is 3. The van der Waals surface area contributed by atoms with Gasteiger partial charge in [0, 0.05) is 0 Å². The fraction of sp³-hybridized carbons (Fsp3) is 1.00. The third-order valence-electron chi connectivity index (χ3n) is 0.852. The molecule has 0 rings (SSSR count). The summed E-state index contributed by atoms with van der Waals surface area (Å²) in [5.41, 5.74) is 0. The molecule has 0 aromatic rings. The molecule has 0 saturated heterocycles. The summed E-state index contributed by atoms with van der Waals surface area (Å²) in [5.74, 6) is 2.98. The molecule has 0 aliphatic heterocycles. The fourth-order valence-corrected chi connectivity index (χ4v) is 3.85. The van der Waals surface area contributed by atoms with Crippen LogP contribution in [0.15, 0.2) is 0 Å². The van der Waals surface area contributed by atoms with Crippen molar-refractivity contribution in [2.75, 3.05) is 17.3 Å². The van der Waals surface area contributed by atoms with Gasteiger partial charge in [-0.25, -0.2) is 0 Å². The molecule has 0 spiro atoms. The van der Waals surface area contributed by atoms with E-state index in [1.54, 1.807) is 0 Å². The summed E-state index contributed by atoms with van der Waals surface area (Å²) in [6.45, 7) is 0. The molecule has 0 bridgehead atoms. The van der Waals surface area contributed by atoms with Crippen LogP contribution in [-0.2, 0) is 0 Å². The Balaban J connectivity index is 3.09. The Bertz CT molecular complexity index is 56.2. The third-order valence-corrected chi connectivity index (χ3v) is 6.36. The summed E-state index contributed by atoms with van der Waals surface area (Å²) < 4.78 is 0. The quantitative estimate of drug-likeness (QED) is 0.478. The topological polar surface area (TPSA) is 0 Å². The van der Waals surface area contributed by atoms with Crippen molar-refractivity contribution in [3.05, 3.63) is 0 Å². The maximum absolute atomic E-state index is 4.21. The van der Waals surface area contributed by atoms with Crippen LogP contribution < -0.4 is 0 Å². The van der Waals surface area contributed by atoms with Crippen LogP contribution in [-0.4, -0.2) is 32.2 Å². The van der Waals surface area contributed by atoms with E-state index in [4.69, 9.17) is 0 Å². The number of hydrogen-bond donors (Lipinski definition) is 3. The van der Waals surface area contributed by atoms with Gasteiger partial charge in [0.25, 0.3) is 0 Å². The molecule has 0 unspecified atom stereocenters. The summed E-state index contributed by atoms with van der Waals surface area (Å²) in [4.78, 5) is 0.747. The van der Waals surface area contributed by atoms with E-state index in [1.165, 1.54) is 5.32 Å². The van der Waals surface area contributed by atoms with Crippen LogP contribution in [0.3, 0.4) is 0 Å². The predicted octanol–water partition coefficient (Wildman–Crippen LogP) is 1.69. The van der Waals surface area contributed by atoms with Crippen molar-refractivity contribution in [2.24, 2.45) is 0 Å². The first-order valence-electron chi connectivity index (χ1n) is 2.79. The molecule has 0 aromatic heterocycles. The molecule has 4 heteroatoms. The second-order valence-corrected chi connectivity index (χ2v) is 5.71. The Kier molecular flexibility index (Phi) is 9.01. The Hall–Kier alpha value is 1.57. The first-order chi connectivity index (χ1) is 4.35. The van der Waals surface area contributed by atoms with Gasteiger partial charge in [0.2, 0.25) is 0 Å². The summed E-state index contributed by atoms with van der Waals surface area (Å²) in [7, 11) is 0. The van der Waals surface area contributed by atoms with Crippen LogP contribution in [0, 0.1) is 0 Å². The Labute approximate surface area is 79.9 Å². The molecule has 0 aliphatic rings. The van der Waals surface area contributed by atoms with Crippen molar-refractivity contribution in [3.8, 4) is 0 Å². The SMILES string of the molecule is SCC[Se]C(CS)CS. The Morgan fingerprint density at radius 1 is 1.11 bits per heavy atom. The van der Waals surface area contributed by atoms with Gasteiger partial charge in [-0.15, -0.1) is 0 Å². The Morgan fingerprint density at radius 2 is 1.67 bits per heavy atom. The van der Waals surface area contributed by atoms with Gasteiger partial charge < -0.3 is 0 Å². The first-order valence-corrected chi connectivity index (χ1v) is 6.89. The molecule has 0 saturated carbocycles. The normalized spacial score (nSPS) is 10.7. The standard InChI is InChI=1S/C5H12S3Se/c6-1-2-9-5(3-7)4-8/h5-8H,1-4H2. The van der Waals surface area contributed by atoms with E-state index in [9.17, 15) is 0 Å². The zero-order valence-corrected chi connectivity index (χ0v) is 9.55. The monoisotopic (exact) mass is 248 g/mol. The van der Waals surface area contributed by atoms with E-state index in [2.05, 4.69) is 37.9 Å². The molecule has 0 aliphatic carbocycles. The van der Waals surface area contributed by atoms with Crippen LogP contribution in [0.2, 0.25) is 10.1 Å². The molecular formula is C5H12S3Se. The minimum atomic E-state index is 0.714. The molecular weight excluding hydrogens is 235 g/mol. The van der Waals surface area contributed by atoms with E-state index in [1.807, 2.05) is 0 Å². The molecule has 0 N–H and O–H groups in total. The average molecular weight is 247 g/mol. The molecule has 0 amide bonds. The zero-order valence-electron chi connectivity index (χ0n) is 5.16. The number of rotatable bonds is 5. The molecule has 0 nitrogen and oxygen atoms in total. The predicted molar refractivity (Wildman–Crippen MR) is 55.9 cm³/mol. The summed E-state index contributed by atoms with van der Waals surface area (Å²) >= 11 is 13.3. The molecule has 9 heavy (non-hydrogen) atoms. The van der Waals surface area contributed by atoms with Gasteiger partial charge in [0.15, 0.2) is 0 Å². The number of hydrogen-bond acceptors (Lipinski definition) is 3. The zero-order chi connectivity index (χ0) is 7.11. The van der Waals surface area contributed by atoms with Crippen LogP contribution in [0.1, 0.15) is 0 Å². The summed E-state index contributed by atoms with van der Waals surface area (Å²) in [5, 5.41) is 1.25. The van der Waals surface area contributed by atoms with Crippen LogP contribution in [0.4, 0.5) is 0 Å². The van der Waals surface area contributed by atoms with Gasteiger partial charge in [-0.1, -0.05) is 0 Å². The van der Waals surface area contributed by atoms with E-state index < -0.39 is 0 Å². The van der Waals surface area contributed by atoms with Gasteiger partial charge in [-0.05, 0) is 0 Å². The van der Waals surface area contributed by atoms with Crippen LogP contribution in [0.25, 0.3) is 0 Å². The van der Waals surface area contributed by atoms with Crippen molar-refractivity contribution in [1.29, 1.82) is 0 Å². The minimum absolute atomic E-state index is 0.714. The second-order valence-electron chi connectivity index (χ2n) is 1.58. The maximum atomic E-state index is 4.21. The van der Waals surface area contributed by atoms with Crippen LogP contribution in [0.5, 0.6) is 0 Å². The second kappa shape index (κ2) is 7.67. The van der Waals surface area contributed by atoms with Crippen molar-refractivity contribution in [3.63, 3.8) is 0 Å². The molecule has 0 fully saturated rings. The van der Waals surface area contributed by atoms with Crippen molar-refractivity contribution in [2.45, 2.75) is 10.1 Å². The summed E-state index contributed by atoms with van der Waals surface area (Å²) in [6.07, 6.45) is 0. The van der Waals surface area contributed by atoms with Crippen molar-refractivity contribution >= 4 is 52.8 Å². The fourth-order valence-electron chi connectivity index (χ4n) is 0.383. The van der Waals surface area contributed by atoms with Gasteiger partial charge >= 0.3 is 80.2 Å². The van der Waals surface area contributed by atoms with Gasteiger partial charge in [0.1, 0.15) is 0 Å². The van der Waals surface area contributed by atoms with Gasteiger partial charge in [-0.3, -0.25) is 0 Å². The molecule has 56 valence electrons. The van der Waals surface area contributed by atoms with Crippen LogP contribution >= 0.6 is 37.9 Å². The summed E-state index contributed by atoms with van der Waals surface area (Å²) in [6, 6.07) is 0. The van der Waals surface area contributed by atoms with E-state index in [-0.39, 0.29) is 0 Å². The van der Waals surface area contributed by atoms with E-state index in [0.29, 0.717) is 15.0 Å². The molecule has 0 heterocycles. The third kappa shape index (κ3) is 5.99. The molecule has 0 atom stereocenters. The molecule has 0 radical (unpaired) electrons. The Morgan fingerprint density at radius 3 is 2.00 bits per heavy atom.